The van der Waals surface area contributed by atoms with Crippen LogP contribution in [-0.4, -0.2) is 0 Å². The quantitative estimate of drug-likeness (QED) is 0.217. The topological polar surface area (TPSA) is 16.4 Å². The molecule has 7 aromatic carbocycles. The van der Waals surface area contributed by atoms with E-state index in [-0.39, 0.29) is 0 Å². The zero-order valence-electron chi connectivity index (χ0n) is 22.9. The van der Waals surface area contributed by atoms with Gasteiger partial charge in [-0.05, 0) is 64.5 Å². The summed E-state index contributed by atoms with van der Waals surface area (Å²) in [7, 11) is 0. The SMILES string of the molecule is c1ccc(-c2cccc(N(c3ccccc3-c3ccc4oc5ccccc5c4c3)c3cccc4ccccc34)c2)cc1. The molecule has 0 spiro atoms. The second kappa shape index (κ2) is 10.1. The van der Waals surface area contributed by atoms with Gasteiger partial charge in [-0.2, -0.15) is 0 Å². The Morgan fingerprint density at radius 1 is 0.381 bits per heavy atom. The van der Waals surface area contributed by atoms with Crippen LogP contribution in [0.25, 0.3) is 55.0 Å². The molecular weight excluding hydrogens is 510 g/mol. The highest BCUT2D eigenvalue weighted by molar-refractivity contribution is 6.07. The van der Waals surface area contributed by atoms with Gasteiger partial charge in [0, 0.05) is 27.4 Å². The molecule has 0 atom stereocenters. The van der Waals surface area contributed by atoms with Crippen molar-refractivity contribution in [2.24, 2.45) is 0 Å². The van der Waals surface area contributed by atoms with Crippen LogP contribution in [0.1, 0.15) is 0 Å². The predicted octanol–water partition coefficient (Wildman–Crippen LogP) is 11.5. The van der Waals surface area contributed by atoms with Crippen molar-refractivity contribution in [2.75, 3.05) is 4.90 Å². The number of hydrogen-bond acceptors (Lipinski definition) is 2. The second-order valence-electron chi connectivity index (χ2n) is 10.6. The summed E-state index contributed by atoms with van der Waals surface area (Å²) < 4.78 is 6.15. The highest BCUT2D eigenvalue weighted by atomic mass is 16.3. The Morgan fingerprint density at radius 3 is 1.98 bits per heavy atom. The number of furan rings is 1. The van der Waals surface area contributed by atoms with E-state index in [1.807, 2.05) is 12.1 Å². The van der Waals surface area contributed by atoms with Gasteiger partial charge in [-0.15, -0.1) is 0 Å². The van der Waals surface area contributed by atoms with Gasteiger partial charge in [-0.25, -0.2) is 0 Å². The number of benzene rings is 7. The highest BCUT2D eigenvalue weighted by Gasteiger charge is 2.20. The maximum absolute atomic E-state index is 6.15. The molecule has 0 fully saturated rings. The molecule has 0 aliphatic rings. The first-order valence-electron chi connectivity index (χ1n) is 14.3. The van der Waals surface area contributed by atoms with E-state index in [4.69, 9.17) is 4.42 Å². The van der Waals surface area contributed by atoms with Gasteiger partial charge in [-0.1, -0.05) is 121 Å². The molecule has 0 aliphatic carbocycles. The van der Waals surface area contributed by atoms with Gasteiger partial charge >= 0.3 is 0 Å². The lowest BCUT2D eigenvalue weighted by Crippen LogP contribution is -2.11. The molecule has 8 aromatic rings. The summed E-state index contributed by atoms with van der Waals surface area (Å²) in [6, 6.07) is 58.1. The molecule has 42 heavy (non-hydrogen) atoms. The zero-order valence-corrected chi connectivity index (χ0v) is 22.9. The monoisotopic (exact) mass is 537 g/mol. The maximum Gasteiger partial charge on any atom is 0.135 e. The first-order chi connectivity index (χ1) is 20.8. The number of fused-ring (bicyclic) bond motifs is 4. The van der Waals surface area contributed by atoms with Crippen LogP contribution in [0.5, 0.6) is 0 Å². The van der Waals surface area contributed by atoms with Crippen molar-refractivity contribution in [1.29, 1.82) is 0 Å². The van der Waals surface area contributed by atoms with E-state index in [2.05, 4.69) is 157 Å². The lowest BCUT2D eigenvalue weighted by molar-refractivity contribution is 0.669. The molecule has 0 unspecified atom stereocenters. The second-order valence-corrected chi connectivity index (χ2v) is 10.6. The molecule has 2 nitrogen and oxygen atoms in total. The molecule has 8 rings (SSSR count). The van der Waals surface area contributed by atoms with E-state index < -0.39 is 0 Å². The van der Waals surface area contributed by atoms with Crippen LogP contribution in [0.15, 0.2) is 168 Å². The molecule has 1 heterocycles. The molecule has 198 valence electrons. The van der Waals surface area contributed by atoms with Crippen LogP contribution < -0.4 is 4.90 Å². The van der Waals surface area contributed by atoms with Gasteiger partial charge in [0.25, 0.3) is 0 Å². The summed E-state index contributed by atoms with van der Waals surface area (Å²) in [5.74, 6) is 0. The van der Waals surface area contributed by atoms with E-state index in [9.17, 15) is 0 Å². The smallest absolute Gasteiger partial charge is 0.135 e. The molecule has 0 bridgehead atoms. The van der Waals surface area contributed by atoms with Gasteiger partial charge in [0.15, 0.2) is 0 Å². The Hall–Kier alpha value is -5.60. The van der Waals surface area contributed by atoms with Crippen molar-refractivity contribution in [3.8, 4) is 22.3 Å². The fourth-order valence-electron chi connectivity index (χ4n) is 6.07. The maximum atomic E-state index is 6.15. The van der Waals surface area contributed by atoms with Crippen LogP contribution in [0.4, 0.5) is 17.1 Å². The third-order valence-electron chi connectivity index (χ3n) is 8.05. The van der Waals surface area contributed by atoms with Crippen LogP contribution in [0.2, 0.25) is 0 Å². The van der Waals surface area contributed by atoms with Gasteiger partial charge in [0.2, 0.25) is 0 Å². The molecular formula is C40H27NO. The molecule has 0 saturated heterocycles. The minimum absolute atomic E-state index is 0.902. The van der Waals surface area contributed by atoms with E-state index in [1.165, 1.54) is 21.9 Å². The van der Waals surface area contributed by atoms with Gasteiger partial charge in [0.1, 0.15) is 11.2 Å². The van der Waals surface area contributed by atoms with Crippen LogP contribution in [0.3, 0.4) is 0 Å². The summed E-state index contributed by atoms with van der Waals surface area (Å²) in [4.78, 5) is 2.40. The minimum atomic E-state index is 0.902. The molecule has 0 N–H and O–H groups in total. The van der Waals surface area contributed by atoms with Crippen LogP contribution in [0, 0.1) is 0 Å². The Kier molecular flexibility index (Phi) is 5.82. The van der Waals surface area contributed by atoms with Crippen molar-refractivity contribution < 1.29 is 4.42 Å². The normalized spacial score (nSPS) is 11.3. The Balaban J connectivity index is 1.38. The van der Waals surface area contributed by atoms with Gasteiger partial charge in [-0.3, -0.25) is 0 Å². The average molecular weight is 538 g/mol. The lowest BCUT2D eigenvalue weighted by atomic mass is 9.98. The van der Waals surface area contributed by atoms with Gasteiger partial charge < -0.3 is 9.32 Å². The van der Waals surface area contributed by atoms with Crippen molar-refractivity contribution in [1.82, 2.24) is 0 Å². The third kappa shape index (κ3) is 4.13. The standard InChI is InChI=1S/C40H27NO/c1-2-12-28(13-3-1)30-16-10-17-32(26-30)41(38-22-11-15-29-14-4-5-18-33(29)38)37-21-8-6-19-34(37)31-24-25-40-36(27-31)35-20-7-9-23-39(35)42-40/h1-27H. The third-order valence-corrected chi connectivity index (χ3v) is 8.05. The minimum Gasteiger partial charge on any atom is -0.456 e. The number of anilines is 3. The van der Waals surface area contributed by atoms with E-state index in [1.54, 1.807) is 0 Å². The largest absolute Gasteiger partial charge is 0.456 e. The summed E-state index contributed by atoms with van der Waals surface area (Å²) in [6.07, 6.45) is 0. The Morgan fingerprint density at radius 2 is 1.05 bits per heavy atom. The fourth-order valence-corrected chi connectivity index (χ4v) is 6.07. The van der Waals surface area contributed by atoms with Crippen LogP contribution >= 0.6 is 0 Å². The number of para-hydroxylation sites is 2. The van der Waals surface area contributed by atoms with Crippen molar-refractivity contribution in [3.05, 3.63) is 164 Å². The summed E-state index contributed by atoms with van der Waals surface area (Å²) in [5.41, 5.74) is 9.86. The summed E-state index contributed by atoms with van der Waals surface area (Å²) >= 11 is 0. The lowest BCUT2D eigenvalue weighted by Gasteiger charge is -2.29. The molecule has 1 aromatic heterocycles. The highest BCUT2D eigenvalue weighted by Crippen LogP contribution is 2.45. The van der Waals surface area contributed by atoms with E-state index in [0.29, 0.717) is 0 Å². The van der Waals surface area contributed by atoms with Gasteiger partial charge in [0.05, 0.1) is 11.4 Å². The zero-order chi connectivity index (χ0) is 27.9. The predicted molar refractivity (Wildman–Crippen MR) is 177 cm³/mol. The van der Waals surface area contributed by atoms with Crippen molar-refractivity contribution in [3.63, 3.8) is 0 Å². The number of hydrogen-bond donors (Lipinski definition) is 0. The average Bonchev–Trinajstić information content (AvgIpc) is 3.44. The first kappa shape index (κ1) is 24.2. The van der Waals surface area contributed by atoms with E-state index in [0.717, 1.165) is 50.1 Å². The van der Waals surface area contributed by atoms with Crippen LogP contribution in [-0.2, 0) is 0 Å². The molecule has 0 aliphatic heterocycles. The van der Waals surface area contributed by atoms with Crippen molar-refractivity contribution in [2.45, 2.75) is 0 Å². The first-order valence-corrected chi connectivity index (χ1v) is 14.3. The summed E-state index contributed by atoms with van der Waals surface area (Å²) in [5, 5.41) is 4.67. The molecule has 0 saturated carbocycles. The fraction of sp³-hybridized carbons (Fsp3) is 0. The Labute approximate surface area is 244 Å². The number of rotatable bonds is 5. The summed E-state index contributed by atoms with van der Waals surface area (Å²) in [6.45, 7) is 0. The molecule has 0 amide bonds. The van der Waals surface area contributed by atoms with Crippen molar-refractivity contribution >= 4 is 49.8 Å². The number of nitrogens with zero attached hydrogens (tertiary/aromatic N) is 1. The molecule has 0 radical (unpaired) electrons. The van der Waals surface area contributed by atoms with E-state index >= 15 is 0 Å². The molecule has 2 heteroatoms. The Bertz CT molecular complexity index is 2200.